The van der Waals surface area contributed by atoms with Gasteiger partial charge < -0.3 is 15.0 Å². The molecular weight excluding hydrogens is 274 g/mol. The molecule has 116 valence electrons. The van der Waals surface area contributed by atoms with Gasteiger partial charge in [-0.25, -0.2) is 4.79 Å². The molecule has 0 saturated carbocycles. The number of fused-ring (bicyclic) bond motifs is 1. The molecule has 2 N–H and O–H groups in total. The number of anilines is 1. The van der Waals surface area contributed by atoms with E-state index in [9.17, 15) is 9.59 Å². The van der Waals surface area contributed by atoms with E-state index in [0.29, 0.717) is 17.1 Å². The van der Waals surface area contributed by atoms with E-state index in [2.05, 4.69) is 9.97 Å². The van der Waals surface area contributed by atoms with Crippen LogP contribution >= 0.6 is 0 Å². The summed E-state index contributed by atoms with van der Waals surface area (Å²) in [4.78, 5) is 33.2. The van der Waals surface area contributed by atoms with Crippen molar-refractivity contribution in [2.75, 3.05) is 25.1 Å². The standard InChI is InChI=1S/C13H21N5O3/c1-16(7-5-4-6-8-19)12-14-9-10(15-12)17(2)13(21)18(3)11(9)20/h19H,4-8H2,1-3H3,(H,14,15). The highest BCUT2D eigenvalue weighted by Crippen LogP contribution is 2.12. The molecule has 0 saturated heterocycles. The molecule has 2 heterocycles. The van der Waals surface area contributed by atoms with Crippen LogP contribution in [0.5, 0.6) is 0 Å². The monoisotopic (exact) mass is 295 g/mol. The highest BCUT2D eigenvalue weighted by Gasteiger charge is 2.15. The van der Waals surface area contributed by atoms with Crippen molar-refractivity contribution in [2.45, 2.75) is 19.3 Å². The number of nitrogens with zero attached hydrogens (tertiary/aromatic N) is 4. The molecule has 8 heteroatoms. The van der Waals surface area contributed by atoms with Crippen LogP contribution in [0.25, 0.3) is 11.2 Å². The number of H-pyrrole nitrogens is 1. The molecule has 2 aromatic heterocycles. The fraction of sp³-hybridized carbons (Fsp3) is 0.615. The predicted octanol–water partition coefficient (Wildman–Crippen LogP) is -0.441. The van der Waals surface area contributed by atoms with E-state index in [1.165, 1.54) is 11.6 Å². The lowest BCUT2D eigenvalue weighted by Crippen LogP contribution is -2.36. The third-order valence-electron chi connectivity index (χ3n) is 3.60. The second-order valence-corrected chi connectivity index (χ2v) is 5.17. The average molecular weight is 295 g/mol. The van der Waals surface area contributed by atoms with Gasteiger partial charge in [-0.1, -0.05) is 0 Å². The molecular formula is C13H21N5O3. The molecule has 2 aromatic rings. The van der Waals surface area contributed by atoms with Gasteiger partial charge in [-0.05, 0) is 19.3 Å². The van der Waals surface area contributed by atoms with Crippen LogP contribution in [0.4, 0.5) is 5.95 Å². The molecule has 0 aromatic carbocycles. The number of rotatable bonds is 6. The van der Waals surface area contributed by atoms with Crippen LogP contribution in [0.15, 0.2) is 9.59 Å². The highest BCUT2D eigenvalue weighted by atomic mass is 16.3. The van der Waals surface area contributed by atoms with Crippen molar-refractivity contribution in [3.05, 3.63) is 20.8 Å². The van der Waals surface area contributed by atoms with Crippen LogP contribution in [0, 0.1) is 0 Å². The van der Waals surface area contributed by atoms with E-state index in [0.717, 1.165) is 30.4 Å². The summed E-state index contributed by atoms with van der Waals surface area (Å²) in [6, 6.07) is 0. The summed E-state index contributed by atoms with van der Waals surface area (Å²) in [5.41, 5.74) is -0.0752. The van der Waals surface area contributed by atoms with Gasteiger partial charge in [-0.2, -0.15) is 4.98 Å². The number of unbranched alkanes of at least 4 members (excludes halogenated alkanes) is 2. The molecule has 0 aliphatic heterocycles. The lowest BCUT2D eigenvalue weighted by molar-refractivity contribution is 0.283. The zero-order valence-corrected chi connectivity index (χ0v) is 12.6. The quantitative estimate of drug-likeness (QED) is 0.704. The van der Waals surface area contributed by atoms with E-state index >= 15 is 0 Å². The number of hydrogen-bond acceptors (Lipinski definition) is 5. The minimum atomic E-state index is -0.392. The maximum atomic E-state index is 12.1. The number of nitrogens with one attached hydrogen (secondary N) is 1. The van der Waals surface area contributed by atoms with Crippen molar-refractivity contribution in [3.8, 4) is 0 Å². The van der Waals surface area contributed by atoms with Crippen molar-refractivity contribution < 1.29 is 5.11 Å². The zero-order chi connectivity index (χ0) is 15.6. The van der Waals surface area contributed by atoms with Crippen LogP contribution < -0.4 is 16.1 Å². The maximum absolute atomic E-state index is 12.1. The molecule has 0 unspecified atom stereocenters. The molecule has 0 aliphatic rings. The van der Waals surface area contributed by atoms with Crippen molar-refractivity contribution >= 4 is 17.1 Å². The van der Waals surface area contributed by atoms with Gasteiger partial charge in [0, 0.05) is 34.3 Å². The Kier molecular flexibility index (Phi) is 4.46. The van der Waals surface area contributed by atoms with E-state index in [1.54, 1.807) is 7.05 Å². The zero-order valence-electron chi connectivity index (χ0n) is 12.6. The summed E-state index contributed by atoms with van der Waals surface area (Å²) in [6.45, 7) is 0.959. The van der Waals surface area contributed by atoms with Gasteiger partial charge in [0.15, 0.2) is 11.2 Å². The molecule has 0 radical (unpaired) electrons. The van der Waals surface area contributed by atoms with Crippen LogP contribution in [-0.2, 0) is 14.1 Å². The third kappa shape index (κ3) is 2.85. The second-order valence-electron chi connectivity index (χ2n) is 5.17. The fourth-order valence-electron chi connectivity index (χ4n) is 2.24. The topological polar surface area (TPSA) is 96.2 Å². The summed E-state index contributed by atoms with van der Waals surface area (Å²) in [5.74, 6) is 0.562. The van der Waals surface area contributed by atoms with Gasteiger partial charge in [-0.3, -0.25) is 13.9 Å². The van der Waals surface area contributed by atoms with Gasteiger partial charge in [0.1, 0.15) is 0 Å². The van der Waals surface area contributed by atoms with Crippen molar-refractivity contribution in [1.29, 1.82) is 0 Å². The highest BCUT2D eigenvalue weighted by molar-refractivity contribution is 5.72. The largest absolute Gasteiger partial charge is 0.396 e. The van der Waals surface area contributed by atoms with Gasteiger partial charge in [0.25, 0.3) is 5.56 Å². The van der Waals surface area contributed by atoms with E-state index in [-0.39, 0.29) is 12.2 Å². The van der Waals surface area contributed by atoms with Gasteiger partial charge in [0.2, 0.25) is 5.95 Å². The first-order valence-corrected chi connectivity index (χ1v) is 6.95. The summed E-state index contributed by atoms with van der Waals surface area (Å²) < 4.78 is 2.42. The Morgan fingerprint density at radius 3 is 2.57 bits per heavy atom. The van der Waals surface area contributed by atoms with Crippen LogP contribution in [0.1, 0.15) is 19.3 Å². The Morgan fingerprint density at radius 1 is 1.19 bits per heavy atom. The Balaban J connectivity index is 2.31. The Morgan fingerprint density at radius 2 is 1.90 bits per heavy atom. The lowest BCUT2D eigenvalue weighted by atomic mass is 10.2. The molecule has 2 rings (SSSR count). The molecule has 8 nitrogen and oxygen atoms in total. The SMILES string of the molecule is CN(CCCCCO)c1nc2c([nH]1)c(=O)n(C)c(=O)n2C. The molecule has 0 atom stereocenters. The van der Waals surface area contributed by atoms with Crippen LogP contribution in [-0.4, -0.2) is 44.4 Å². The third-order valence-corrected chi connectivity index (χ3v) is 3.60. The van der Waals surface area contributed by atoms with E-state index < -0.39 is 5.69 Å². The Labute approximate surface area is 121 Å². The van der Waals surface area contributed by atoms with E-state index in [1.807, 2.05) is 11.9 Å². The summed E-state index contributed by atoms with van der Waals surface area (Å²) >= 11 is 0. The number of aliphatic hydroxyl groups excluding tert-OH is 1. The molecule has 21 heavy (non-hydrogen) atoms. The van der Waals surface area contributed by atoms with Crippen LogP contribution in [0.2, 0.25) is 0 Å². The van der Waals surface area contributed by atoms with Crippen molar-refractivity contribution in [3.63, 3.8) is 0 Å². The fourth-order valence-corrected chi connectivity index (χ4v) is 2.24. The summed E-state index contributed by atoms with van der Waals surface area (Å²) in [7, 11) is 4.92. The molecule has 0 amide bonds. The maximum Gasteiger partial charge on any atom is 0.332 e. The second kappa shape index (κ2) is 6.13. The Hall–Kier alpha value is -2.09. The number of hydrogen-bond donors (Lipinski definition) is 2. The number of aromatic nitrogens is 4. The molecule has 0 fully saturated rings. The summed E-state index contributed by atoms with van der Waals surface area (Å²) in [5, 5.41) is 8.76. The smallest absolute Gasteiger partial charge is 0.332 e. The average Bonchev–Trinajstić information content (AvgIpc) is 2.92. The number of aryl methyl sites for hydroxylation is 1. The first-order chi connectivity index (χ1) is 9.97. The molecule has 0 aliphatic carbocycles. The molecule has 0 bridgehead atoms. The van der Waals surface area contributed by atoms with E-state index in [4.69, 9.17) is 5.11 Å². The van der Waals surface area contributed by atoms with Crippen molar-refractivity contribution in [2.24, 2.45) is 14.1 Å². The summed E-state index contributed by atoms with van der Waals surface area (Å²) in [6.07, 6.45) is 2.63. The normalized spacial score (nSPS) is 11.2. The minimum Gasteiger partial charge on any atom is -0.396 e. The first kappa shape index (κ1) is 15.3. The van der Waals surface area contributed by atoms with Gasteiger partial charge >= 0.3 is 5.69 Å². The van der Waals surface area contributed by atoms with Gasteiger partial charge in [0.05, 0.1) is 0 Å². The number of aliphatic hydroxyl groups is 1. The number of imidazole rings is 1. The number of aromatic amines is 1. The van der Waals surface area contributed by atoms with Gasteiger partial charge in [-0.15, -0.1) is 0 Å². The Bertz CT molecular complexity index is 743. The predicted molar refractivity (Wildman–Crippen MR) is 80.8 cm³/mol. The van der Waals surface area contributed by atoms with Crippen LogP contribution in [0.3, 0.4) is 0 Å². The first-order valence-electron chi connectivity index (χ1n) is 6.95. The lowest BCUT2D eigenvalue weighted by Gasteiger charge is -2.15. The minimum absolute atomic E-state index is 0.201. The molecule has 0 spiro atoms. The van der Waals surface area contributed by atoms with Crippen molar-refractivity contribution in [1.82, 2.24) is 19.1 Å².